The molecule has 2 N–H and O–H groups in total. The Morgan fingerprint density at radius 1 is 1.23 bits per heavy atom. The molecule has 3 nitrogen and oxygen atoms in total. The minimum atomic E-state index is -0.655. The van der Waals surface area contributed by atoms with E-state index in [-0.39, 0.29) is 12.1 Å². The Morgan fingerprint density at radius 3 is 1.85 bits per heavy atom. The van der Waals surface area contributed by atoms with Gasteiger partial charge in [-0.3, -0.25) is 4.79 Å². The van der Waals surface area contributed by atoms with Gasteiger partial charge in [0.25, 0.3) is 0 Å². The van der Waals surface area contributed by atoms with E-state index in [1.54, 1.807) is 13.8 Å². The van der Waals surface area contributed by atoms with Gasteiger partial charge in [0.05, 0.1) is 11.5 Å². The topological polar surface area (TPSA) is 52.3 Å². The average molecular weight is 187 g/mol. The van der Waals surface area contributed by atoms with Gasteiger partial charge in [-0.1, -0.05) is 0 Å². The van der Waals surface area contributed by atoms with Gasteiger partial charge in [0.2, 0.25) is 0 Å². The average Bonchev–Trinajstić information content (AvgIpc) is 1.82. The molecule has 0 atom stereocenters. The molecular formula is C10H21NO2. The monoisotopic (exact) mass is 187 g/mol. The van der Waals surface area contributed by atoms with Crippen molar-refractivity contribution in [2.45, 2.75) is 53.2 Å². The molecule has 13 heavy (non-hydrogen) atoms. The van der Waals surface area contributed by atoms with Crippen molar-refractivity contribution >= 4 is 5.97 Å². The second-order valence-corrected chi connectivity index (χ2v) is 4.80. The Hall–Kier alpha value is -0.570. The van der Waals surface area contributed by atoms with Gasteiger partial charge in [-0.15, -0.1) is 0 Å². The first-order valence-electron chi connectivity index (χ1n) is 4.59. The molecule has 0 bridgehead atoms. The largest absolute Gasteiger partial charge is 0.463 e. The standard InChI is InChI=1S/C10H21NO2/c1-7(2)13-8(12)9(3,4)10(5,6)11/h7H,11H2,1-6H3. The van der Waals surface area contributed by atoms with Crippen molar-refractivity contribution in [1.82, 2.24) is 0 Å². The fourth-order valence-electron chi connectivity index (χ4n) is 0.624. The van der Waals surface area contributed by atoms with E-state index in [1.165, 1.54) is 0 Å². The number of carbonyl (C=O) groups is 1. The summed E-state index contributed by atoms with van der Waals surface area (Å²) in [4.78, 5) is 11.6. The maximum atomic E-state index is 11.6. The van der Waals surface area contributed by atoms with Crippen LogP contribution in [-0.2, 0) is 9.53 Å². The zero-order valence-corrected chi connectivity index (χ0v) is 9.47. The number of ether oxygens (including phenoxy) is 1. The molecule has 0 aromatic heterocycles. The summed E-state index contributed by atoms with van der Waals surface area (Å²) in [6, 6.07) is 0. The van der Waals surface area contributed by atoms with E-state index in [2.05, 4.69) is 0 Å². The first-order chi connectivity index (χ1) is 5.59. The highest BCUT2D eigenvalue weighted by molar-refractivity contribution is 5.77. The van der Waals surface area contributed by atoms with E-state index in [1.807, 2.05) is 27.7 Å². The highest BCUT2D eigenvalue weighted by Crippen LogP contribution is 2.29. The summed E-state index contributed by atoms with van der Waals surface area (Å²) in [6.07, 6.45) is -0.0888. The van der Waals surface area contributed by atoms with E-state index in [0.29, 0.717) is 0 Å². The fourth-order valence-corrected chi connectivity index (χ4v) is 0.624. The molecule has 0 amide bonds. The van der Waals surface area contributed by atoms with Crippen LogP contribution in [0.4, 0.5) is 0 Å². The molecule has 0 fully saturated rings. The van der Waals surface area contributed by atoms with Crippen LogP contribution in [0.15, 0.2) is 0 Å². The van der Waals surface area contributed by atoms with Crippen molar-refractivity contribution in [1.29, 1.82) is 0 Å². The summed E-state index contributed by atoms with van der Waals surface area (Å²) in [6.45, 7) is 10.9. The number of carbonyl (C=O) groups excluding carboxylic acids is 1. The lowest BCUT2D eigenvalue weighted by Crippen LogP contribution is -2.52. The van der Waals surface area contributed by atoms with Crippen LogP contribution in [0.1, 0.15) is 41.5 Å². The molecule has 78 valence electrons. The van der Waals surface area contributed by atoms with Crippen molar-refractivity contribution in [3.05, 3.63) is 0 Å². The zero-order chi connectivity index (χ0) is 10.9. The highest BCUT2D eigenvalue weighted by Gasteiger charge is 2.42. The van der Waals surface area contributed by atoms with Crippen molar-refractivity contribution in [2.24, 2.45) is 11.1 Å². The lowest BCUT2D eigenvalue weighted by Gasteiger charge is -2.36. The highest BCUT2D eigenvalue weighted by atomic mass is 16.5. The zero-order valence-electron chi connectivity index (χ0n) is 9.47. The predicted octanol–water partition coefficient (Wildman–Crippen LogP) is 1.70. The number of esters is 1. The smallest absolute Gasteiger partial charge is 0.313 e. The summed E-state index contributed by atoms with van der Waals surface area (Å²) in [7, 11) is 0. The van der Waals surface area contributed by atoms with Gasteiger partial charge in [0.15, 0.2) is 0 Å². The van der Waals surface area contributed by atoms with Crippen molar-refractivity contribution in [3.63, 3.8) is 0 Å². The molecule has 0 aliphatic rings. The summed E-state index contributed by atoms with van der Waals surface area (Å²) >= 11 is 0. The van der Waals surface area contributed by atoms with Crippen LogP contribution in [0.2, 0.25) is 0 Å². The van der Waals surface area contributed by atoms with E-state index >= 15 is 0 Å². The molecule has 0 saturated carbocycles. The van der Waals surface area contributed by atoms with Crippen LogP contribution in [-0.4, -0.2) is 17.6 Å². The van der Waals surface area contributed by atoms with Gasteiger partial charge in [-0.2, -0.15) is 0 Å². The van der Waals surface area contributed by atoms with Gasteiger partial charge < -0.3 is 10.5 Å². The van der Waals surface area contributed by atoms with E-state index < -0.39 is 11.0 Å². The minimum absolute atomic E-state index is 0.0888. The number of hydrogen-bond donors (Lipinski definition) is 1. The third-order valence-corrected chi connectivity index (χ3v) is 2.46. The van der Waals surface area contributed by atoms with E-state index in [4.69, 9.17) is 10.5 Å². The second kappa shape index (κ2) is 3.66. The Bertz CT molecular complexity index is 190. The number of rotatable bonds is 3. The predicted molar refractivity (Wildman–Crippen MR) is 53.3 cm³/mol. The van der Waals surface area contributed by atoms with Gasteiger partial charge in [-0.05, 0) is 41.5 Å². The fraction of sp³-hybridized carbons (Fsp3) is 0.900. The third-order valence-electron chi connectivity index (χ3n) is 2.46. The molecule has 0 spiro atoms. The summed E-state index contributed by atoms with van der Waals surface area (Å²) in [5.41, 5.74) is 4.66. The molecule has 0 aliphatic heterocycles. The van der Waals surface area contributed by atoms with Gasteiger partial charge in [0.1, 0.15) is 0 Å². The normalized spacial score (nSPS) is 13.2. The molecule has 0 radical (unpaired) electrons. The lowest BCUT2D eigenvalue weighted by molar-refractivity contribution is -0.161. The maximum Gasteiger partial charge on any atom is 0.313 e. The maximum absolute atomic E-state index is 11.6. The molecule has 0 aliphatic carbocycles. The first-order valence-corrected chi connectivity index (χ1v) is 4.59. The van der Waals surface area contributed by atoms with Crippen LogP contribution >= 0.6 is 0 Å². The van der Waals surface area contributed by atoms with E-state index in [9.17, 15) is 4.79 Å². The Balaban J connectivity index is 4.56. The van der Waals surface area contributed by atoms with Gasteiger partial charge >= 0.3 is 5.97 Å². The van der Waals surface area contributed by atoms with Crippen LogP contribution in [0.3, 0.4) is 0 Å². The van der Waals surface area contributed by atoms with Crippen LogP contribution in [0.5, 0.6) is 0 Å². The summed E-state index contributed by atoms with van der Waals surface area (Å²) in [5.74, 6) is -0.241. The Labute approximate surface area is 80.6 Å². The quantitative estimate of drug-likeness (QED) is 0.684. The van der Waals surface area contributed by atoms with Crippen molar-refractivity contribution < 1.29 is 9.53 Å². The molecule has 0 unspecified atom stereocenters. The summed E-state index contributed by atoms with van der Waals surface area (Å²) in [5, 5.41) is 0. The minimum Gasteiger partial charge on any atom is -0.463 e. The SMILES string of the molecule is CC(C)OC(=O)C(C)(C)C(C)(C)N. The first kappa shape index (κ1) is 12.4. The number of hydrogen-bond acceptors (Lipinski definition) is 3. The lowest BCUT2D eigenvalue weighted by atomic mass is 9.75. The van der Waals surface area contributed by atoms with Crippen LogP contribution < -0.4 is 5.73 Å². The molecule has 0 saturated heterocycles. The van der Waals surface area contributed by atoms with Crippen LogP contribution in [0.25, 0.3) is 0 Å². The Morgan fingerprint density at radius 2 is 1.62 bits per heavy atom. The van der Waals surface area contributed by atoms with Gasteiger partial charge in [-0.25, -0.2) is 0 Å². The molecular weight excluding hydrogens is 166 g/mol. The summed E-state index contributed by atoms with van der Waals surface area (Å²) < 4.78 is 5.12. The second-order valence-electron chi connectivity index (χ2n) is 4.80. The number of nitrogens with two attached hydrogens (primary N) is 1. The third kappa shape index (κ3) is 2.99. The molecule has 0 aromatic rings. The van der Waals surface area contributed by atoms with Crippen LogP contribution in [0, 0.1) is 5.41 Å². The van der Waals surface area contributed by atoms with Crippen molar-refractivity contribution in [2.75, 3.05) is 0 Å². The molecule has 3 heteroatoms. The van der Waals surface area contributed by atoms with Gasteiger partial charge in [0, 0.05) is 5.54 Å². The van der Waals surface area contributed by atoms with Crippen molar-refractivity contribution in [3.8, 4) is 0 Å². The Kier molecular flexibility index (Phi) is 3.50. The molecule has 0 aromatic carbocycles. The molecule has 0 rings (SSSR count). The molecule has 0 heterocycles. The van der Waals surface area contributed by atoms with E-state index in [0.717, 1.165) is 0 Å².